The summed E-state index contributed by atoms with van der Waals surface area (Å²) in [5.41, 5.74) is -19.4. The van der Waals surface area contributed by atoms with Crippen LogP contribution in [0.1, 0.15) is 0 Å². The molecule has 0 spiro atoms. The van der Waals surface area contributed by atoms with Crippen molar-refractivity contribution in [3.63, 3.8) is 0 Å². The Labute approximate surface area is 188 Å². The smallest absolute Gasteiger partial charge is 0.378 e. The molecule has 0 bridgehead atoms. The Morgan fingerprint density at radius 3 is 1.03 bits per heavy atom. The van der Waals surface area contributed by atoms with Gasteiger partial charge in [-0.3, -0.25) is 0 Å². The highest BCUT2D eigenvalue weighted by Crippen LogP contribution is 2.49. The molecule has 0 aliphatic rings. The fourth-order valence-corrected chi connectivity index (χ4v) is 3.32. The van der Waals surface area contributed by atoms with Crippen LogP contribution in [0.3, 0.4) is 0 Å². The third-order valence-corrected chi connectivity index (χ3v) is 6.07. The van der Waals surface area contributed by atoms with Gasteiger partial charge in [-0.25, -0.2) is 0 Å². The Hall–Kier alpha value is -2.41. The van der Waals surface area contributed by atoms with Crippen LogP contribution < -0.4 is 16.7 Å². The van der Waals surface area contributed by atoms with Crippen LogP contribution in [0.5, 0.6) is 23.0 Å². The molecule has 12 nitrogen and oxygen atoms in total. The monoisotopic (exact) mass is 616 g/mol. The zero-order valence-corrected chi connectivity index (χ0v) is 18.9. The van der Waals surface area contributed by atoms with E-state index in [9.17, 15) is 73.2 Å². The van der Waals surface area contributed by atoms with Crippen molar-refractivity contribution in [1.82, 2.24) is 0 Å². The highest BCUT2D eigenvalue weighted by Gasteiger charge is 2.53. The lowest BCUT2D eigenvalue weighted by Crippen LogP contribution is -2.31. The van der Waals surface area contributed by atoms with Gasteiger partial charge in [0.05, 0.1) is 6.26 Å². The first-order chi connectivity index (χ1) is 15.1. The molecule has 0 heterocycles. The van der Waals surface area contributed by atoms with Crippen molar-refractivity contribution < 1.29 is 89.9 Å². The molecular weight excluding hydrogens is 611 g/mol. The summed E-state index contributed by atoms with van der Waals surface area (Å²) < 4.78 is 218. The van der Waals surface area contributed by atoms with Crippen LogP contribution >= 0.6 is 0 Å². The van der Waals surface area contributed by atoms with Crippen molar-refractivity contribution in [3.8, 4) is 23.0 Å². The maximum atomic E-state index is 12.7. The van der Waals surface area contributed by atoms with Gasteiger partial charge in [-0.05, 0) is 12.1 Å². The Morgan fingerprint density at radius 1 is 0.514 bits per heavy atom. The Kier molecular flexibility index (Phi) is 7.80. The van der Waals surface area contributed by atoms with Crippen LogP contribution in [0.15, 0.2) is 12.1 Å². The Morgan fingerprint density at radius 2 is 0.771 bits per heavy atom. The molecular formula is C10H5F9O12S4. The summed E-state index contributed by atoms with van der Waals surface area (Å²) in [7, 11) is -26.2. The molecule has 204 valence electrons. The van der Waals surface area contributed by atoms with Gasteiger partial charge in [0, 0.05) is 0 Å². The number of rotatable bonds is 8. The van der Waals surface area contributed by atoms with Crippen molar-refractivity contribution in [2.24, 2.45) is 0 Å². The first kappa shape index (κ1) is 30.6. The number of alkyl halides is 9. The summed E-state index contributed by atoms with van der Waals surface area (Å²) in [5, 5.41) is 0. The van der Waals surface area contributed by atoms with Crippen LogP contribution in [0.2, 0.25) is 0 Å². The summed E-state index contributed by atoms with van der Waals surface area (Å²) in [5.74, 6) is -9.65. The van der Waals surface area contributed by atoms with Gasteiger partial charge in [-0.1, -0.05) is 0 Å². The number of halogens is 9. The summed E-state index contributed by atoms with van der Waals surface area (Å²) in [4.78, 5) is 0. The normalized spacial score (nSPS) is 14.3. The predicted molar refractivity (Wildman–Crippen MR) is 88.7 cm³/mol. The van der Waals surface area contributed by atoms with Crippen LogP contribution in [-0.4, -0.2) is 56.5 Å². The van der Waals surface area contributed by atoms with Gasteiger partial charge in [0.15, 0.2) is 11.5 Å². The van der Waals surface area contributed by atoms with E-state index in [1.807, 2.05) is 0 Å². The summed E-state index contributed by atoms with van der Waals surface area (Å²) in [6.07, 6.45) is 0.0978. The fourth-order valence-electron chi connectivity index (χ4n) is 1.46. The van der Waals surface area contributed by atoms with E-state index in [-0.39, 0.29) is 18.4 Å². The summed E-state index contributed by atoms with van der Waals surface area (Å²) in [6.45, 7) is 0. The average Bonchev–Trinajstić information content (AvgIpc) is 2.55. The summed E-state index contributed by atoms with van der Waals surface area (Å²) in [6, 6.07) is -0.464. The minimum Gasteiger partial charge on any atom is -0.378 e. The van der Waals surface area contributed by atoms with Crippen molar-refractivity contribution in [1.29, 1.82) is 0 Å². The first-order valence-corrected chi connectivity index (χ1v) is 13.2. The zero-order chi connectivity index (χ0) is 28.1. The van der Waals surface area contributed by atoms with E-state index < -0.39 is 80.0 Å². The van der Waals surface area contributed by atoms with Crippen molar-refractivity contribution >= 4 is 40.5 Å². The zero-order valence-electron chi connectivity index (χ0n) is 15.6. The topological polar surface area (TPSA) is 173 Å². The lowest BCUT2D eigenvalue weighted by atomic mass is 10.3. The molecule has 0 atom stereocenters. The molecule has 35 heavy (non-hydrogen) atoms. The third kappa shape index (κ3) is 7.29. The molecule has 1 rings (SSSR count). The van der Waals surface area contributed by atoms with Crippen molar-refractivity contribution in [3.05, 3.63) is 12.1 Å². The van der Waals surface area contributed by atoms with E-state index in [2.05, 4.69) is 16.7 Å². The first-order valence-electron chi connectivity index (χ1n) is 7.20. The van der Waals surface area contributed by atoms with Gasteiger partial charge >= 0.3 is 57.0 Å². The van der Waals surface area contributed by atoms with E-state index in [0.717, 1.165) is 0 Å². The molecule has 0 saturated heterocycles. The number of hydrogen-bond acceptors (Lipinski definition) is 12. The van der Waals surface area contributed by atoms with E-state index in [1.54, 1.807) is 0 Å². The SMILES string of the molecule is CS(=O)(=O)Oc1ccc(OS(=O)(=O)C(F)(F)F)c(OS(=O)(=O)C(F)(F)F)c1OS(=O)(=O)C(F)(F)F. The molecule has 0 saturated carbocycles. The van der Waals surface area contributed by atoms with E-state index in [0.29, 0.717) is 0 Å². The quantitative estimate of drug-likeness (QED) is 0.235. The van der Waals surface area contributed by atoms with Crippen LogP contribution in [0.4, 0.5) is 39.5 Å². The predicted octanol–water partition coefficient (Wildman–Crippen LogP) is 1.71. The highest BCUT2D eigenvalue weighted by molar-refractivity contribution is 7.88. The lowest BCUT2D eigenvalue weighted by Gasteiger charge is -2.19. The van der Waals surface area contributed by atoms with Gasteiger partial charge in [0.1, 0.15) is 0 Å². The van der Waals surface area contributed by atoms with E-state index in [1.165, 1.54) is 0 Å². The molecule has 25 heteroatoms. The lowest BCUT2D eigenvalue weighted by molar-refractivity contribution is -0.0517. The standard InChI is InChI=1S/C10H5F9O12S4/c1-32(20,21)28-4-2-3-5(29-33(22,23)8(11,12)13)7(31-35(26,27)10(17,18)19)6(4)30-34(24,25)9(14,15)16/h2-3H,1H3. The maximum absolute atomic E-state index is 12.7. The minimum absolute atomic E-state index is 0.0978. The molecule has 1 aromatic rings. The minimum atomic E-state index is -7.16. The Bertz CT molecular complexity index is 1400. The summed E-state index contributed by atoms with van der Waals surface area (Å²) >= 11 is 0. The molecule has 0 aromatic heterocycles. The maximum Gasteiger partial charge on any atom is 0.534 e. The van der Waals surface area contributed by atoms with E-state index in [4.69, 9.17) is 0 Å². The van der Waals surface area contributed by atoms with Crippen LogP contribution in [0, 0.1) is 0 Å². The van der Waals surface area contributed by atoms with Gasteiger partial charge in [-0.15, -0.1) is 0 Å². The molecule has 0 radical (unpaired) electrons. The second-order valence-electron chi connectivity index (χ2n) is 5.46. The molecule has 1 aromatic carbocycles. The molecule has 0 aliphatic heterocycles. The molecule has 0 unspecified atom stereocenters. The Balaban J connectivity index is 4.13. The average molecular weight is 616 g/mol. The van der Waals surface area contributed by atoms with Crippen molar-refractivity contribution in [2.75, 3.05) is 6.26 Å². The van der Waals surface area contributed by atoms with Gasteiger partial charge in [0.25, 0.3) is 0 Å². The largest absolute Gasteiger partial charge is 0.534 e. The molecule has 0 fully saturated rings. The van der Waals surface area contributed by atoms with E-state index >= 15 is 0 Å². The highest BCUT2D eigenvalue weighted by atomic mass is 32.2. The van der Waals surface area contributed by atoms with Crippen molar-refractivity contribution in [2.45, 2.75) is 16.5 Å². The molecule has 0 amide bonds. The second kappa shape index (κ2) is 8.91. The van der Waals surface area contributed by atoms with Gasteiger partial charge in [-0.2, -0.15) is 73.2 Å². The van der Waals surface area contributed by atoms with Crippen LogP contribution in [-0.2, 0) is 40.5 Å². The third-order valence-electron chi connectivity index (χ3n) is 2.72. The number of benzene rings is 1. The van der Waals surface area contributed by atoms with Gasteiger partial charge in [0.2, 0.25) is 11.5 Å². The van der Waals surface area contributed by atoms with Gasteiger partial charge < -0.3 is 16.7 Å². The second-order valence-corrected chi connectivity index (χ2v) is 11.6. The van der Waals surface area contributed by atoms with Crippen LogP contribution in [0.25, 0.3) is 0 Å². The molecule has 0 N–H and O–H groups in total. The molecule has 0 aliphatic carbocycles. The number of hydrogen-bond donors (Lipinski definition) is 0. The fraction of sp³-hybridized carbons (Fsp3) is 0.400.